The molecule has 0 aromatic rings. The van der Waals surface area contributed by atoms with Crippen LogP contribution in [0.4, 0.5) is 0 Å². The Hall–Kier alpha value is 0.234. The largest absolute Gasteiger partial charge is 0.397 e. The Morgan fingerprint density at radius 1 is 1.60 bits per heavy atom. The minimum Gasteiger partial charge on any atom is -0.397 e. The summed E-state index contributed by atoms with van der Waals surface area (Å²) in [5.41, 5.74) is 0. The van der Waals surface area contributed by atoms with E-state index in [2.05, 4.69) is 13.1 Å². The highest BCUT2D eigenvalue weighted by molar-refractivity contribution is 7.04. The quantitative estimate of drug-likeness (QED) is 0.419. The summed E-state index contributed by atoms with van der Waals surface area (Å²) in [6, 6.07) is 0. The molecule has 1 nitrogen and oxygen atoms in total. The molecule has 0 aliphatic carbocycles. The molecule has 30 valence electrons. The summed E-state index contributed by atoms with van der Waals surface area (Å²) >= 11 is 0. The summed E-state index contributed by atoms with van der Waals surface area (Å²) in [6.07, 6.45) is 0. The molecule has 0 N–H and O–H groups in total. The van der Waals surface area contributed by atoms with Crippen molar-refractivity contribution in [2.24, 2.45) is 0 Å². The van der Waals surface area contributed by atoms with E-state index in [4.69, 9.17) is 0 Å². The van der Waals surface area contributed by atoms with Crippen molar-refractivity contribution < 1.29 is 4.46 Å². The lowest BCUT2D eigenvalue weighted by Crippen LogP contribution is -2.01. The Balaban J connectivity index is 2.83. The van der Waals surface area contributed by atoms with E-state index in [1.165, 1.54) is 0 Å². The smallest absolute Gasteiger partial charge is 0.237 e. The fraction of sp³-hybridized carbons (Fsp3) is 1.00. The Labute approximate surface area is 35.7 Å². The van der Waals surface area contributed by atoms with Crippen molar-refractivity contribution >= 4 is 17.2 Å². The van der Waals surface area contributed by atoms with Gasteiger partial charge in [0.05, 0.1) is 8.31 Å². The Morgan fingerprint density at radius 2 is 1.80 bits per heavy atom. The normalized spacial score (nSPS) is 8.60. The highest BCUT2D eigenvalue weighted by Crippen LogP contribution is 1.62. The summed E-state index contributed by atoms with van der Waals surface area (Å²) in [4.78, 5) is 0. The number of hydrogen-bond acceptors (Lipinski definition) is 1. The van der Waals surface area contributed by atoms with Crippen LogP contribution in [0.3, 0.4) is 0 Å². The van der Waals surface area contributed by atoms with Crippen molar-refractivity contribution in [3.8, 4) is 0 Å². The Bertz CT molecular complexity index is 34.6. The maximum atomic E-state index is 9.77. The van der Waals surface area contributed by atoms with Crippen LogP contribution in [0, 0.1) is 0 Å². The molecule has 0 atom stereocenters. The van der Waals surface area contributed by atoms with E-state index in [1.807, 2.05) is 0 Å². The van der Waals surface area contributed by atoms with Crippen molar-refractivity contribution in [3.63, 3.8) is 0 Å². The topological polar surface area (TPSA) is 17.1 Å². The van der Waals surface area contributed by atoms with Gasteiger partial charge in [0.1, 0.15) is 0 Å². The highest BCUT2D eigenvalue weighted by Gasteiger charge is 1.85. The molecule has 0 aliphatic heterocycles. The van der Waals surface area contributed by atoms with E-state index in [0.29, 0.717) is 0 Å². The standard InChI is InChI=1S/C2H8OSi2/c1-5(2)4-3/h4-5H,1-2H3. The van der Waals surface area contributed by atoms with Crippen LogP contribution in [-0.4, -0.2) is 17.2 Å². The second-order valence-electron chi connectivity index (χ2n) is 1.38. The summed E-state index contributed by atoms with van der Waals surface area (Å²) in [6.45, 7) is 4.17. The Kier molecular flexibility index (Phi) is 2.59. The van der Waals surface area contributed by atoms with Gasteiger partial charge in [0.2, 0.25) is 8.92 Å². The predicted molar refractivity (Wildman–Crippen MR) is 26.7 cm³/mol. The van der Waals surface area contributed by atoms with Crippen LogP contribution in [0.5, 0.6) is 0 Å². The summed E-state index contributed by atoms with van der Waals surface area (Å²) in [5.74, 6) is 0. The minimum absolute atomic E-state index is 0.380. The second kappa shape index (κ2) is 2.47. The molecule has 0 amide bonds. The van der Waals surface area contributed by atoms with Gasteiger partial charge in [-0.2, -0.15) is 0 Å². The molecule has 0 saturated heterocycles. The zero-order chi connectivity index (χ0) is 4.28. The second-order valence-corrected chi connectivity index (χ2v) is 8.96. The SMILES string of the molecule is C[SiH](C)[SiH]=O. The molecule has 0 saturated carbocycles. The molecular weight excluding hydrogens is 96.2 g/mol. The van der Waals surface area contributed by atoms with Crippen LogP contribution in [-0.2, 0) is 4.46 Å². The van der Waals surface area contributed by atoms with E-state index in [9.17, 15) is 4.46 Å². The van der Waals surface area contributed by atoms with Gasteiger partial charge in [-0.05, 0) is 0 Å². The molecule has 0 aliphatic rings. The van der Waals surface area contributed by atoms with Crippen molar-refractivity contribution in [1.29, 1.82) is 0 Å². The molecule has 0 heterocycles. The molecule has 0 bridgehead atoms. The van der Waals surface area contributed by atoms with E-state index >= 15 is 0 Å². The van der Waals surface area contributed by atoms with Crippen LogP contribution in [0.15, 0.2) is 0 Å². The molecule has 0 aromatic carbocycles. The molecule has 3 heteroatoms. The van der Waals surface area contributed by atoms with Gasteiger partial charge >= 0.3 is 0 Å². The van der Waals surface area contributed by atoms with Crippen LogP contribution < -0.4 is 0 Å². The summed E-state index contributed by atoms with van der Waals surface area (Å²) in [7, 11) is -1.00. The van der Waals surface area contributed by atoms with Gasteiger partial charge in [0.25, 0.3) is 0 Å². The third kappa shape index (κ3) is 4.23. The third-order valence-corrected chi connectivity index (χ3v) is 2.45. The minimum atomic E-state index is -0.622. The number of hydrogen-bond donors (Lipinski definition) is 0. The number of rotatable bonds is 1. The maximum absolute atomic E-state index is 9.77. The molecule has 0 spiro atoms. The first-order chi connectivity index (χ1) is 2.27. The van der Waals surface area contributed by atoms with Crippen LogP contribution in [0.2, 0.25) is 13.1 Å². The molecule has 5 heavy (non-hydrogen) atoms. The average molecular weight is 104 g/mol. The molecule has 0 unspecified atom stereocenters. The van der Waals surface area contributed by atoms with Crippen molar-refractivity contribution in [2.45, 2.75) is 13.1 Å². The average Bonchev–Trinajstić information content (AvgIpc) is 1.38. The fourth-order valence-electron chi connectivity index (χ4n) is 0. The van der Waals surface area contributed by atoms with E-state index in [1.54, 1.807) is 0 Å². The molecular formula is C2H8OSi2. The lowest BCUT2D eigenvalue weighted by molar-refractivity contribution is 0.585. The molecule has 0 rings (SSSR count). The maximum Gasteiger partial charge on any atom is 0.237 e. The van der Waals surface area contributed by atoms with E-state index in [0.717, 1.165) is 0 Å². The Morgan fingerprint density at radius 3 is 1.80 bits per heavy atom. The monoisotopic (exact) mass is 104 g/mol. The van der Waals surface area contributed by atoms with Crippen molar-refractivity contribution in [3.05, 3.63) is 0 Å². The molecule has 0 aromatic heterocycles. The van der Waals surface area contributed by atoms with Crippen LogP contribution in [0.1, 0.15) is 0 Å². The van der Waals surface area contributed by atoms with Gasteiger partial charge in [-0.25, -0.2) is 0 Å². The van der Waals surface area contributed by atoms with Crippen molar-refractivity contribution in [1.82, 2.24) is 0 Å². The zero-order valence-corrected chi connectivity index (χ0v) is 5.87. The van der Waals surface area contributed by atoms with Gasteiger partial charge < -0.3 is 4.46 Å². The lowest BCUT2D eigenvalue weighted by atomic mass is 11.9. The van der Waals surface area contributed by atoms with Crippen molar-refractivity contribution in [2.75, 3.05) is 0 Å². The fourth-order valence-corrected chi connectivity index (χ4v) is 0. The van der Waals surface area contributed by atoms with Gasteiger partial charge in [-0.1, -0.05) is 13.1 Å². The van der Waals surface area contributed by atoms with Gasteiger partial charge in [-0.15, -0.1) is 0 Å². The summed E-state index contributed by atoms with van der Waals surface area (Å²) < 4.78 is 9.77. The molecule has 0 fully saturated rings. The highest BCUT2D eigenvalue weighted by atomic mass is 29.2. The van der Waals surface area contributed by atoms with Gasteiger partial charge in [0, 0.05) is 0 Å². The first kappa shape index (κ1) is 5.23. The van der Waals surface area contributed by atoms with Gasteiger partial charge in [-0.3, -0.25) is 0 Å². The van der Waals surface area contributed by atoms with Crippen LogP contribution >= 0.6 is 0 Å². The van der Waals surface area contributed by atoms with Gasteiger partial charge in [0.15, 0.2) is 0 Å². The first-order valence-electron chi connectivity index (χ1n) is 1.72. The van der Waals surface area contributed by atoms with E-state index in [-0.39, 0.29) is 8.92 Å². The van der Waals surface area contributed by atoms with Crippen LogP contribution in [0.25, 0.3) is 0 Å². The molecule has 0 radical (unpaired) electrons. The zero-order valence-electron chi connectivity index (χ0n) is 3.56. The van der Waals surface area contributed by atoms with E-state index < -0.39 is 8.31 Å². The lowest BCUT2D eigenvalue weighted by Gasteiger charge is -1.74. The predicted octanol–water partition coefficient (Wildman–Crippen LogP) is -0.248. The summed E-state index contributed by atoms with van der Waals surface area (Å²) in [5, 5.41) is 0. The third-order valence-electron chi connectivity index (χ3n) is 0.272. The first-order valence-corrected chi connectivity index (χ1v) is 7.17.